The van der Waals surface area contributed by atoms with E-state index < -0.39 is 0 Å². The molecule has 6 heteroatoms. The van der Waals surface area contributed by atoms with Crippen LogP contribution in [0.5, 0.6) is 0 Å². The highest BCUT2D eigenvalue weighted by atomic mass is 16.5. The molecule has 1 aliphatic rings. The van der Waals surface area contributed by atoms with Crippen molar-refractivity contribution in [3.8, 4) is 0 Å². The fourth-order valence-electron chi connectivity index (χ4n) is 2.44. The Labute approximate surface area is 143 Å². The minimum atomic E-state index is -0.116. The second-order valence-corrected chi connectivity index (χ2v) is 6.38. The Morgan fingerprint density at radius 2 is 2.25 bits per heavy atom. The lowest BCUT2D eigenvalue weighted by Gasteiger charge is -2.32. The van der Waals surface area contributed by atoms with Crippen molar-refractivity contribution < 1.29 is 14.3 Å². The predicted molar refractivity (Wildman–Crippen MR) is 94.3 cm³/mol. The van der Waals surface area contributed by atoms with Gasteiger partial charge in [0.05, 0.1) is 25.4 Å². The molecule has 0 bridgehead atoms. The lowest BCUT2D eigenvalue weighted by molar-refractivity contribution is -0.0318. The molecule has 0 spiro atoms. The zero-order chi connectivity index (χ0) is 17.5. The van der Waals surface area contributed by atoms with Gasteiger partial charge in [0.2, 0.25) is 0 Å². The van der Waals surface area contributed by atoms with E-state index in [0.29, 0.717) is 31.3 Å². The zero-order valence-corrected chi connectivity index (χ0v) is 14.9. The SMILES string of the molecule is CC(C)=CCO[C@@H]1CCOC[C@@H]1Nc1cccc(C(=O)N(C)C)n1. The van der Waals surface area contributed by atoms with Crippen molar-refractivity contribution >= 4 is 11.7 Å². The van der Waals surface area contributed by atoms with E-state index in [-0.39, 0.29) is 18.1 Å². The van der Waals surface area contributed by atoms with Crippen molar-refractivity contribution in [3.05, 3.63) is 35.5 Å². The van der Waals surface area contributed by atoms with Gasteiger partial charge in [0.1, 0.15) is 11.5 Å². The maximum Gasteiger partial charge on any atom is 0.272 e. The predicted octanol–water partition coefficient (Wildman–Crippen LogP) is 2.34. The molecule has 1 amide bonds. The number of carbonyl (C=O) groups excluding carboxylic acids is 1. The van der Waals surface area contributed by atoms with Crippen molar-refractivity contribution in [1.29, 1.82) is 0 Å². The normalized spacial score (nSPS) is 20.3. The molecule has 0 saturated carbocycles. The van der Waals surface area contributed by atoms with Gasteiger partial charge in [0, 0.05) is 20.7 Å². The number of aromatic nitrogens is 1. The third-order valence-electron chi connectivity index (χ3n) is 3.80. The van der Waals surface area contributed by atoms with Gasteiger partial charge in [0.15, 0.2) is 0 Å². The lowest BCUT2D eigenvalue weighted by atomic mass is 10.1. The average molecular weight is 333 g/mol. The van der Waals surface area contributed by atoms with Crippen LogP contribution in [0.3, 0.4) is 0 Å². The van der Waals surface area contributed by atoms with Gasteiger partial charge in [-0.15, -0.1) is 0 Å². The van der Waals surface area contributed by atoms with Crippen molar-refractivity contribution in [2.75, 3.05) is 39.2 Å². The van der Waals surface area contributed by atoms with E-state index >= 15 is 0 Å². The molecule has 1 N–H and O–H groups in total. The molecule has 0 radical (unpaired) electrons. The number of anilines is 1. The van der Waals surface area contributed by atoms with Crippen LogP contribution >= 0.6 is 0 Å². The van der Waals surface area contributed by atoms with E-state index in [1.807, 2.05) is 12.1 Å². The molecular formula is C18H27N3O3. The molecule has 132 valence electrons. The van der Waals surface area contributed by atoms with Crippen LogP contribution in [0.15, 0.2) is 29.8 Å². The van der Waals surface area contributed by atoms with Crippen LogP contribution in [-0.2, 0) is 9.47 Å². The van der Waals surface area contributed by atoms with Gasteiger partial charge in [-0.2, -0.15) is 0 Å². The second kappa shape index (κ2) is 8.80. The number of allylic oxidation sites excluding steroid dienone is 1. The van der Waals surface area contributed by atoms with Crippen LogP contribution in [0.2, 0.25) is 0 Å². The molecule has 1 aromatic rings. The molecule has 0 aromatic carbocycles. The molecule has 0 aliphatic carbocycles. The quantitative estimate of drug-likeness (QED) is 0.810. The minimum Gasteiger partial charge on any atom is -0.379 e. The molecule has 1 aromatic heterocycles. The van der Waals surface area contributed by atoms with E-state index in [2.05, 4.69) is 30.2 Å². The molecule has 24 heavy (non-hydrogen) atoms. The molecule has 2 heterocycles. The minimum absolute atomic E-state index is 0.0153. The first-order valence-electron chi connectivity index (χ1n) is 8.25. The summed E-state index contributed by atoms with van der Waals surface area (Å²) < 4.78 is 11.5. The Balaban J connectivity index is 2.03. The van der Waals surface area contributed by atoms with E-state index in [1.54, 1.807) is 20.2 Å². The van der Waals surface area contributed by atoms with Crippen LogP contribution in [0.4, 0.5) is 5.82 Å². The van der Waals surface area contributed by atoms with Crippen LogP contribution in [0.25, 0.3) is 0 Å². The fraction of sp³-hybridized carbons (Fsp3) is 0.556. The van der Waals surface area contributed by atoms with E-state index in [1.165, 1.54) is 10.5 Å². The van der Waals surface area contributed by atoms with Crippen molar-refractivity contribution in [1.82, 2.24) is 9.88 Å². The summed E-state index contributed by atoms with van der Waals surface area (Å²) in [5.74, 6) is 0.545. The highest BCUT2D eigenvalue weighted by Gasteiger charge is 2.26. The molecular weight excluding hydrogens is 306 g/mol. The topological polar surface area (TPSA) is 63.7 Å². The first kappa shape index (κ1) is 18.4. The Hall–Kier alpha value is -1.92. The van der Waals surface area contributed by atoms with E-state index in [9.17, 15) is 4.79 Å². The second-order valence-electron chi connectivity index (χ2n) is 6.38. The Bertz CT molecular complexity index is 583. The monoisotopic (exact) mass is 333 g/mol. The summed E-state index contributed by atoms with van der Waals surface area (Å²) in [5, 5.41) is 3.35. The molecule has 2 rings (SSSR count). The Morgan fingerprint density at radius 1 is 1.46 bits per heavy atom. The molecule has 2 atom stereocenters. The molecule has 1 saturated heterocycles. The van der Waals surface area contributed by atoms with Crippen molar-refractivity contribution in [2.45, 2.75) is 32.4 Å². The number of hydrogen-bond acceptors (Lipinski definition) is 5. The summed E-state index contributed by atoms with van der Waals surface area (Å²) in [6.45, 7) is 5.97. The largest absolute Gasteiger partial charge is 0.379 e. The maximum absolute atomic E-state index is 12.0. The van der Waals surface area contributed by atoms with Gasteiger partial charge < -0.3 is 19.7 Å². The van der Waals surface area contributed by atoms with Gasteiger partial charge in [-0.1, -0.05) is 17.7 Å². The summed E-state index contributed by atoms with van der Waals surface area (Å²) in [4.78, 5) is 18.0. The highest BCUT2D eigenvalue weighted by molar-refractivity contribution is 5.92. The Kier molecular flexibility index (Phi) is 6.75. The van der Waals surface area contributed by atoms with Crippen LogP contribution in [0, 0.1) is 0 Å². The van der Waals surface area contributed by atoms with Crippen molar-refractivity contribution in [2.24, 2.45) is 0 Å². The van der Waals surface area contributed by atoms with E-state index in [0.717, 1.165) is 6.42 Å². The molecule has 1 fully saturated rings. The highest BCUT2D eigenvalue weighted by Crippen LogP contribution is 2.17. The van der Waals surface area contributed by atoms with Crippen molar-refractivity contribution in [3.63, 3.8) is 0 Å². The lowest BCUT2D eigenvalue weighted by Crippen LogP contribution is -2.44. The van der Waals surface area contributed by atoms with Gasteiger partial charge in [-0.25, -0.2) is 4.98 Å². The third-order valence-corrected chi connectivity index (χ3v) is 3.80. The summed E-state index contributed by atoms with van der Waals surface area (Å²) in [6, 6.07) is 5.41. The third kappa shape index (κ3) is 5.32. The van der Waals surface area contributed by atoms with Gasteiger partial charge in [-0.05, 0) is 32.4 Å². The summed E-state index contributed by atoms with van der Waals surface area (Å²) in [6.07, 6.45) is 2.97. The van der Waals surface area contributed by atoms with Crippen LogP contribution in [0.1, 0.15) is 30.8 Å². The van der Waals surface area contributed by atoms with Gasteiger partial charge in [-0.3, -0.25) is 4.79 Å². The maximum atomic E-state index is 12.0. The van der Waals surface area contributed by atoms with Crippen LogP contribution in [-0.4, -0.2) is 61.9 Å². The smallest absolute Gasteiger partial charge is 0.272 e. The number of carbonyl (C=O) groups is 1. The molecule has 6 nitrogen and oxygen atoms in total. The number of amides is 1. The molecule has 0 unspecified atom stereocenters. The fourth-order valence-corrected chi connectivity index (χ4v) is 2.44. The number of hydrogen-bond donors (Lipinski definition) is 1. The van der Waals surface area contributed by atoms with Gasteiger partial charge >= 0.3 is 0 Å². The standard InChI is InChI=1S/C18H27N3O3/c1-13(2)8-11-24-16-9-10-23-12-15(16)20-17-7-5-6-14(19-17)18(22)21(3)4/h5-8,15-16H,9-12H2,1-4H3,(H,19,20)/t15-,16+/m0/s1. The first-order valence-corrected chi connectivity index (χ1v) is 8.25. The summed E-state index contributed by atoms with van der Waals surface area (Å²) >= 11 is 0. The first-order chi connectivity index (χ1) is 11.5. The van der Waals surface area contributed by atoms with Gasteiger partial charge in [0.25, 0.3) is 5.91 Å². The van der Waals surface area contributed by atoms with Crippen LogP contribution < -0.4 is 5.32 Å². The number of nitrogens with zero attached hydrogens (tertiary/aromatic N) is 2. The summed E-state index contributed by atoms with van der Waals surface area (Å²) in [7, 11) is 3.43. The number of rotatable bonds is 6. The molecule has 1 aliphatic heterocycles. The Morgan fingerprint density at radius 3 is 2.96 bits per heavy atom. The van der Waals surface area contributed by atoms with E-state index in [4.69, 9.17) is 9.47 Å². The number of nitrogens with one attached hydrogen (secondary N) is 1. The zero-order valence-electron chi connectivity index (χ0n) is 14.9. The number of ether oxygens (including phenoxy) is 2. The average Bonchev–Trinajstić information content (AvgIpc) is 2.55. The summed E-state index contributed by atoms with van der Waals surface area (Å²) in [5.41, 5.74) is 1.66. The number of pyridine rings is 1.